The predicted molar refractivity (Wildman–Crippen MR) is 69.0 cm³/mol. The molecular formula is C13H15ClN2O2. The van der Waals surface area contributed by atoms with Gasteiger partial charge in [-0.05, 0) is 25.0 Å². The lowest BCUT2D eigenvalue weighted by Crippen LogP contribution is -1.99. The third kappa shape index (κ3) is 3.01. The molecule has 0 aliphatic heterocycles. The largest absolute Gasteiger partial charge is 0.483 e. The Morgan fingerprint density at radius 1 is 1.17 bits per heavy atom. The quantitative estimate of drug-likeness (QED) is 0.781. The summed E-state index contributed by atoms with van der Waals surface area (Å²) in [5.74, 6) is 2.36. The molecule has 5 heteroatoms. The fraction of sp³-hybridized carbons (Fsp3) is 0.385. The van der Waals surface area contributed by atoms with Crippen molar-refractivity contribution in [3.63, 3.8) is 0 Å². The normalized spacial score (nSPS) is 10.6. The standard InChI is InChI=1S/C13H15ClN2O2/c1-9-4-3-5-10(2)13(9)17-8-12-16-15-11(18-12)6-7-14/h3-5H,6-8H2,1-2H3. The van der Waals surface area contributed by atoms with Gasteiger partial charge in [-0.2, -0.15) is 0 Å². The Hall–Kier alpha value is -1.55. The average molecular weight is 267 g/mol. The van der Waals surface area contributed by atoms with Gasteiger partial charge in [0.05, 0.1) is 0 Å². The molecule has 0 fully saturated rings. The second kappa shape index (κ2) is 5.87. The second-order valence-corrected chi connectivity index (χ2v) is 4.42. The lowest BCUT2D eigenvalue weighted by Gasteiger charge is -2.09. The number of benzene rings is 1. The smallest absolute Gasteiger partial charge is 0.253 e. The molecule has 96 valence electrons. The van der Waals surface area contributed by atoms with Gasteiger partial charge in [-0.15, -0.1) is 21.8 Å². The summed E-state index contributed by atoms with van der Waals surface area (Å²) in [5.41, 5.74) is 2.19. The van der Waals surface area contributed by atoms with Crippen LogP contribution in [0.4, 0.5) is 0 Å². The molecule has 0 atom stereocenters. The Bertz CT molecular complexity index is 505. The van der Waals surface area contributed by atoms with Gasteiger partial charge in [-0.1, -0.05) is 18.2 Å². The van der Waals surface area contributed by atoms with Gasteiger partial charge in [0.2, 0.25) is 5.89 Å². The van der Waals surface area contributed by atoms with E-state index in [9.17, 15) is 0 Å². The number of halogens is 1. The van der Waals surface area contributed by atoms with Crippen molar-refractivity contribution in [1.29, 1.82) is 0 Å². The van der Waals surface area contributed by atoms with Crippen LogP contribution >= 0.6 is 11.6 Å². The van der Waals surface area contributed by atoms with E-state index in [1.165, 1.54) is 0 Å². The van der Waals surface area contributed by atoms with Crippen LogP contribution in [0, 0.1) is 13.8 Å². The summed E-state index contributed by atoms with van der Waals surface area (Å²) >= 11 is 5.60. The summed E-state index contributed by atoms with van der Waals surface area (Å²) < 4.78 is 11.1. The van der Waals surface area contributed by atoms with Crippen molar-refractivity contribution >= 4 is 11.6 Å². The molecule has 2 aromatic rings. The molecular weight excluding hydrogens is 252 g/mol. The van der Waals surface area contributed by atoms with E-state index in [1.807, 2.05) is 32.0 Å². The molecule has 0 bridgehead atoms. The van der Waals surface area contributed by atoms with E-state index >= 15 is 0 Å². The molecule has 0 amide bonds. The van der Waals surface area contributed by atoms with Crippen LogP contribution in [0.1, 0.15) is 22.9 Å². The summed E-state index contributed by atoms with van der Waals surface area (Å²) in [6.45, 7) is 4.30. The van der Waals surface area contributed by atoms with Crippen LogP contribution in [-0.2, 0) is 13.0 Å². The third-order valence-corrected chi connectivity index (χ3v) is 2.75. The summed E-state index contributed by atoms with van der Waals surface area (Å²) in [4.78, 5) is 0. The van der Waals surface area contributed by atoms with Crippen molar-refractivity contribution in [2.75, 3.05) is 5.88 Å². The Labute approximate surface area is 111 Å². The number of aromatic nitrogens is 2. The third-order valence-electron chi connectivity index (χ3n) is 2.57. The highest BCUT2D eigenvalue weighted by Gasteiger charge is 2.08. The van der Waals surface area contributed by atoms with Gasteiger partial charge < -0.3 is 9.15 Å². The van der Waals surface area contributed by atoms with Crippen LogP contribution in [-0.4, -0.2) is 16.1 Å². The van der Waals surface area contributed by atoms with Crippen molar-refractivity contribution in [3.8, 4) is 5.75 Å². The van der Waals surface area contributed by atoms with E-state index in [-0.39, 0.29) is 6.61 Å². The molecule has 1 aromatic carbocycles. The number of hydrogen-bond acceptors (Lipinski definition) is 4. The first kappa shape index (κ1) is 12.9. The summed E-state index contributed by atoms with van der Waals surface area (Å²) in [6, 6.07) is 6.02. The van der Waals surface area contributed by atoms with Crippen molar-refractivity contribution < 1.29 is 9.15 Å². The SMILES string of the molecule is Cc1cccc(C)c1OCc1nnc(CCCl)o1. The zero-order chi connectivity index (χ0) is 13.0. The van der Waals surface area contributed by atoms with Gasteiger partial charge in [-0.3, -0.25) is 0 Å². The fourth-order valence-electron chi connectivity index (χ4n) is 1.69. The number of alkyl halides is 1. The maximum Gasteiger partial charge on any atom is 0.253 e. The van der Waals surface area contributed by atoms with E-state index in [1.54, 1.807) is 0 Å². The van der Waals surface area contributed by atoms with Crippen LogP contribution in [0.15, 0.2) is 22.6 Å². The minimum Gasteiger partial charge on any atom is -0.483 e. The number of aryl methyl sites for hydroxylation is 3. The molecule has 1 aromatic heterocycles. The lowest BCUT2D eigenvalue weighted by molar-refractivity contribution is 0.256. The van der Waals surface area contributed by atoms with Gasteiger partial charge in [0.25, 0.3) is 5.89 Å². The Balaban J connectivity index is 2.02. The van der Waals surface area contributed by atoms with E-state index < -0.39 is 0 Å². The zero-order valence-corrected chi connectivity index (χ0v) is 11.2. The highest BCUT2D eigenvalue weighted by Crippen LogP contribution is 2.23. The average Bonchev–Trinajstić information content (AvgIpc) is 2.77. The van der Waals surface area contributed by atoms with Crippen molar-refractivity contribution in [1.82, 2.24) is 10.2 Å². The first-order chi connectivity index (χ1) is 8.70. The van der Waals surface area contributed by atoms with Crippen molar-refractivity contribution in [2.45, 2.75) is 26.9 Å². The molecule has 0 saturated heterocycles. The topological polar surface area (TPSA) is 48.2 Å². The molecule has 0 unspecified atom stereocenters. The fourth-order valence-corrected chi connectivity index (χ4v) is 1.85. The summed E-state index contributed by atoms with van der Waals surface area (Å²) in [6.07, 6.45) is 0.581. The number of ether oxygens (including phenoxy) is 1. The Morgan fingerprint density at radius 3 is 2.50 bits per heavy atom. The number of para-hydroxylation sites is 1. The Kier molecular flexibility index (Phi) is 4.20. The summed E-state index contributed by atoms with van der Waals surface area (Å²) in [7, 11) is 0. The van der Waals surface area contributed by atoms with E-state index in [0.29, 0.717) is 24.1 Å². The molecule has 0 aliphatic carbocycles. The van der Waals surface area contributed by atoms with Crippen LogP contribution in [0.5, 0.6) is 5.75 Å². The monoisotopic (exact) mass is 266 g/mol. The predicted octanol–water partition coefficient (Wildman–Crippen LogP) is 3.05. The van der Waals surface area contributed by atoms with Gasteiger partial charge in [0.1, 0.15) is 5.75 Å². The minimum absolute atomic E-state index is 0.279. The second-order valence-electron chi connectivity index (χ2n) is 4.04. The van der Waals surface area contributed by atoms with Crippen LogP contribution in [0.2, 0.25) is 0 Å². The van der Waals surface area contributed by atoms with E-state index in [0.717, 1.165) is 16.9 Å². The lowest BCUT2D eigenvalue weighted by atomic mass is 10.1. The van der Waals surface area contributed by atoms with Gasteiger partial charge in [0.15, 0.2) is 6.61 Å². The molecule has 2 rings (SSSR count). The number of rotatable bonds is 5. The van der Waals surface area contributed by atoms with Crippen LogP contribution in [0.25, 0.3) is 0 Å². The molecule has 0 aliphatic rings. The van der Waals surface area contributed by atoms with Gasteiger partial charge in [-0.25, -0.2) is 0 Å². The highest BCUT2D eigenvalue weighted by molar-refractivity contribution is 6.17. The van der Waals surface area contributed by atoms with E-state index in [4.69, 9.17) is 20.8 Å². The molecule has 0 saturated carbocycles. The number of hydrogen-bond donors (Lipinski definition) is 0. The molecule has 0 spiro atoms. The van der Waals surface area contributed by atoms with Crippen molar-refractivity contribution in [3.05, 3.63) is 41.1 Å². The van der Waals surface area contributed by atoms with Crippen LogP contribution in [0.3, 0.4) is 0 Å². The molecule has 0 radical (unpaired) electrons. The van der Waals surface area contributed by atoms with E-state index in [2.05, 4.69) is 10.2 Å². The first-order valence-electron chi connectivity index (χ1n) is 5.77. The molecule has 18 heavy (non-hydrogen) atoms. The number of nitrogens with zero attached hydrogens (tertiary/aromatic N) is 2. The van der Waals surface area contributed by atoms with Gasteiger partial charge in [0, 0.05) is 12.3 Å². The van der Waals surface area contributed by atoms with Crippen LogP contribution < -0.4 is 4.74 Å². The maximum atomic E-state index is 5.72. The molecule has 1 heterocycles. The molecule has 4 nitrogen and oxygen atoms in total. The Morgan fingerprint density at radius 2 is 1.83 bits per heavy atom. The van der Waals surface area contributed by atoms with Gasteiger partial charge >= 0.3 is 0 Å². The summed E-state index contributed by atoms with van der Waals surface area (Å²) in [5, 5.41) is 7.79. The first-order valence-corrected chi connectivity index (χ1v) is 6.30. The highest BCUT2D eigenvalue weighted by atomic mass is 35.5. The minimum atomic E-state index is 0.279. The maximum absolute atomic E-state index is 5.72. The zero-order valence-electron chi connectivity index (χ0n) is 10.4. The molecule has 0 N–H and O–H groups in total. The van der Waals surface area contributed by atoms with Crippen molar-refractivity contribution in [2.24, 2.45) is 0 Å².